The van der Waals surface area contributed by atoms with Crippen molar-refractivity contribution in [1.29, 1.82) is 0 Å². The first-order valence-corrected chi connectivity index (χ1v) is 8.64. The number of hydrogen-bond acceptors (Lipinski definition) is 3. The minimum absolute atomic E-state index is 0.0134. The number of aromatic amines is 1. The molecule has 2 atom stereocenters. The third-order valence-corrected chi connectivity index (χ3v) is 5.16. The summed E-state index contributed by atoms with van der Waals surface area (Å²) >= 11 is 5.78. The molecule has 0 saturated carbocycles. The van der Waals surface area contributed by atoms with Gasteiger partial charge in [-0.25, -0.2) is 4.39 Å². The van der Waals surface area contributed by atoms with Gasteiger partial charge in [0.05, 0.1) is 32.9 Å². The van der Waals surface area contributed by atoms with Crippen LogP contribution in [0.25, 0.3) is 10.9 Å². The van der Waals surface area contributed by atoms with Crippen LogP contribution in [0, 0.1) is 5.82 Å². The lowest BCUT2D eigenvalue weighted by Crippen LogP contribution is -2.22. The summed E-state index contributed by atoms with van der Waals surface area (Å²) in [6, 6.07) is 3.79. The molecular weight excluding hydrogens is 339 g/mol. The van der Waals surface area contributed by atoms with E-state index in [0.29, 0.717) is 16.5 Å². The summed E-state index contributed by atoms with van der Waals surface area (Å²) in [7, 11) is -1.25. The van der Waals surface area contributed by atoms with Gasteiger partial charge in [-0.1, -0.05) is 11.6 Å². The molecule has 4 nitrogen and oxygen atoms in total. The molecule has 0 spiro atoms. The Morgan fingerprint density at radius 2 is 2.00 bits per heavy atom. The van der Waals surface area contributed by atoms with Crippen molar-refractivity contribution < 1.29 is 8.60 Å². The molecule has 0 fully saturated rings. The van der Waals surface area contributed by atoms with Crippen LogP contribution in [0.5, 0.6) is 0 Å². The van der Waals surface area contributed by atoms with Crippen molar-refractivity contribution in [3.05, 3.63) is 45.0 Å². The fraction of sp³-hybridized carbons (Fsp3) is 0.375. The molecule has 23 heavy (non-hydrogen) atoms. The van der Waals surface area contributed by atoms with Crippen LogP contribution in [-0.2, 0) is 10.8 Å². The van der Waals surface area contributed by atoms with Gasteiger partial charge >= 0.3 is 0 Å². The van der Waals surface area contributed by atoms with Gasteiger partial charge in [-0.2, -0.15) is 0 Å². The van der Waals surface area contributed by atoms with Crippen LogP contribution < -0.4 is 5.56 Å². The molecule has 7 heteroatoms. The topological polar surface area (TPSA) is 62.3 Å². The monoisotopic (exact) mass is 356 g/mol. The maximum absolute atomic E-state index is 13.4. The Morgan fingerprint density at radius 3 is 2.61 bits per heavy atom. The van der Waals surface area contributed by atoms with Crippen molar-refractivity contribution in [2.24, 2.45) is 4.99 Å². The Bertz CT molecular complexity index is 856. The van der Waals surface area contributed by atoms with E-state index in [4.69, 9.17) is 11.6 Å². The summed E-state index contributed by atoms with van der Waals surface area (Å²) in [5.41, 5.74) is 1.79. The summed E-state index contributed by atoms with van der Waals surface area (Å²) in [5, 5.41) is 0.602. The minimum Gasteiger partial charge on any atom is -0.322 e. The molecule has 0 amide bonds. The summed E-state index contributed by atoms with van der Waals surface area (Å²) in [6.07, 6.45) is 0. The maximum Gasteiger partial charge on any atom is 0.253 e. The minimum atomic E-state index is -1.25. The molecule has 1 aromatic carbocycles. The van der Waals surface area contributed by atoms with E-state index in [0.717, 1.165) is 0 Å². The second-order valence-corrected chi connectivity index (χ2v) is 8.69. The van der Waals surface area contributed by atoms with Crippen molar-refractivity contribution in [3.8, 4) is 0 Å². The van der Waals surface area contributed by atoms with E-state index in [1.165, 1.54) is 17.7 Å². The van der Waals surface area contributed by atoms with Crippen LogP contribution in [0.1, 0.15) is 39.3 Å². The van der Waals surface area contributed by atoms with Gasteiger partial charge in [-0.3, -0.25) is 14.0 Å². The Morgan fingerprint density at radius 1 is 1.35 bits per heavy atom. The highest BCUT2D eigenvalue weighted by Crippen LogP contribution is 2.23. The number of pyridine rings is 1. The van der Waals surface area contributed by atoms with Crippen LogP contribution in [0.3, 0.4) is 0 Å². The lowest BCUT2D eigenvalue weighted by molar-refractivity contribution is 0.629. The molecule has 1 N–H and O–H groups in total. The quantitative estimate of drug-likeness (QED) is 0.668. The van der Waals surface area contributed by atoms with Gasteiger partial charge < -0.3 is 4.98 Å². The van der Waals surface area contributed by atoms with Crippen molar-refractivity contribution in [2.75, 3.05) is 0 Å². The smallest absolute Gasteiger partial charge is 0.253 e. The Labute approximate surface area is 141 Å². The highest BCUT2D eigenvalue weighted by Gasteiger charge is 2.18. The SMILES string of the molecule is C[C@@H](N=CS(=O)C(C)(C)C)c1cc2cc(Cl)c(F)cc2[nH]c1=O. The molecule has 0 aliphatic rings. The molecule has 0 aliphatic heterocycles. The van der Waals surface area contributed by atoms with Gasteiger partial charge in [0.1, 0.15) is 5.82 Å². The molecule has 0 saturated heterocycles. The summed E-state index contributed by atoms with van der Waals surface area (Å²) in [6.45, 7) is 7.27. The van der Waals surface area contributed by atoms with E-state index in [2.05, 4.69) is 9.98 Å². The lowest BCUT2D eigenvalue weighted by Gasteiger charge is -2.14. The maximum atomic E-state index is 13.4. The Hall–Kier alpha value is -1.53. The molecule has 0 radical (unpaired) electrons. The molecule has 0 aliphatic carbocycles. The predicted molar refractivity (Wildman–Crippen MR) is 94.3 cm³/mol. The van der Waals surface area contributed by atoms with E-state index in [-0.39, 0.29) is 10.6 Å². The molecule has 2 aromatic rings. The zero-order valence-corrected chi connectivity index (χ0v) is 14.9. The van der Waals surface area contributed by atoms with Crippen molar-refractivity contribution in [3.63, 3.8) is 0 Å². The number of halogens is 2. The number of H-pyrrole nitrogens is 1. The molecule has 1 aromatic heterocycles. The number of fused-ring (bicyclic) bond motifs is 1. The van der Waals surface area contributed by atoms with Crippen LogP contribution >= 0.6 is 11.6 Å². The fourth-order valence-electron chi connectivity index (χ4n) is 1.91. The van der Waals surface area contributed by atoms with Crippen LogP contribution in [0.2, 0.25) is 5.02 Å². The summed E-state index contributed by atoms with van der Waals surface area (Å²) in [5.74, 6) is -0.589. The first kappa shape index (κ1) is 17.8. The molecule has 124 valence electrons. The standard InChI is InChI=1S/C16H18ClFN2O2S/c1-9(19-8-23(22)16(2,3)4)11-5-10-6-12(17)13(18)7-14(10)20-15(11)21/h5-9H,1-4H3,(H,20,21)/t9-,23?/m1/s1. The van der Waals surface area contributed by atoms with E-state index in [1.807, 2.05) is 20.8 Å². The number of aliphatic imine (C=N–C) groups is 1. The van der Waals surface area contributed by atoms with Gasteiger partial charge in [-0.15, -0.1) is 0 Å². The highest BCUT2D eigenvalue weighted by atomic mass is 35.5. The van der Waals surface area contributed by atoms with E-state index in [1.54, 1.807) is 13.0 Å². The lowest BCUT2D eigenvalue weighted by atomic mass is 10.1. The Balaban J connectivity index is 2.41. The predicted octanol–water partition coefficient (Wildman–Crippen LogP) is 3.96. The van der Waals surface area contributed by atoms with Crippen LogP contribution in [-0.4, -0.2) is 19.5 Å². The van der Waals surface area contributed by atoms with E-state index < -0.39 is 27.4 Å². The molecule has 1 unspecified atom stereocenters. The number of aromatic nitrogens is 1. The van der Waals surface area contributed by atoms with Gasteiger partial charge in [0.15, 0.2) is 0 Å². The second kappa shape index (κ2) is 6.53. The number of hydrogen-bond donors (Lipinski definition) is 1. The van der Waals surface area contributed by atoms with Gasteiger partial charge in [0.2, 0.25) is 0 Å². The third kappa shape index (κ3) is 4.06. The number of nitrogens with one attached hydrogen (secondary N) is 1. The largest absolute Gasteiger partial charge is 0.322 e. The summed E-state index contributed by atoms with van der Waals surface area (Å²) in [4.78, 5) is 19.0. The van der Waals surface area contributed by atoms with E-state index in [9.17, 15) is 13.4 Å². The summed E-state index contributed by atoms with van der Waals surface area (Å²) < 4.78 is 25.0. The average molecular weight is 357 g/mol. The third-order valence-electron chi connectivity index (χ3n) is 3.35. The second-order valence-electron chi connectivity index (χ2n) is 6.25. The van der Waals surface area contributed by atoms with Crippen LogP contribution in [0.15, 0.2) is 28.0 Å². The fourth-order valence-corrected chi connectivity index (χ4v) is 2.69. The molecular formula is C16H18ClFN2O2S. The van der Waals surface area contributed by atoms with E-state index >= 15 is 0 Å². The van der Waals surface area contributed by atoms with Crippen molar-refractivity contribution >= 4 is 38.9 Å². The molecule has 2 rings (SSSR count). The Kier molecular flexibility index (Phi) is 5.06. The number of nitrogens with zero attached hydrogens (tertiary/aromatic N) is 1. The highest BCUT2D eigenvalue weighted by molar-refractivity contribution is 7.99. The zero-order chi connectivity index (χ0) is 17.4. The number of benzene rings is 1. The van der Waals surface area contributed by atoms with Crippen molar-refractivity contribution in [2.45, 2.75) is 38.5 Å². The van der Waals surface area contributed by atoms with Gasteiger partial charge in [0.25, 0.3) is 5.56 Å². The van der Waals surface area contributed by atoms with Crippen molar-refractivity contribution in [1.82, 2.24) is 4.98 Å². The first-order valence-electron chi connectivity index (χ1n) is 7.05. The van der Waals surface area contributed by atoms with Gasteiger partial charge in [0, 0.05) is 15.7 Å². The molecule has 1 heterocycles. The normalized spacial score (nSPS) is 15.2. The van der Waals surface area contributed by atoms with Gasteiger partial charge in [-0.05, 0) is 45.9 Å². The van der Waals surface area contributed by atoms with Crippen LogP contribution in [0.4, 0.5) is 4.39 Å². The zero-order valence-electron chi connectivity index (χ0n) is 13.3. The average Bonchev–Trinajstić information content (AvgIpc) is 2.44. The molecule has 0 bridgehead atoms. The first-order chi connectivity index (χ1) is 10.6. The number of rotatable bonds is 3.